The zero-order chi connectivity index (χ0) is 19.1. The second kappa shape index (κ2) is 10.8. The lowest BCUT2D eigenvalue weighted by Crippen LogP contribution is -2.48. The molecule has 1 atom stereocenters. The molecule has 0 spiro atoms. The highest BCUT2D eigenvalue weighted by atomic mass is 79.9. The van der Waals surface area contributed by atoms with Crippen LogP contribution in [0.1, 0.15) is 20.8 Å². The van der Waals surface area contributed by atoms with Crippen molar-refractivity contribution < 1.29 is 24.2 Å². The van der Waals surface area contributed by atoms with E-state index < -0.39 is 18.0 Å². The van der Waals surface area contributed by atoms with E-state index in [0.29, 0.717) is 12.0 Å². The Morgan fingerprint density at radius 3 is 2.37 bits per heavy atom. The summed E-state index contributed by atoms with van der Waals surface area (Å²) in [4.78, 5) is 38.0. The average Bonchev–Trinajstić information content (AvgIpc) is 3.16. The molecule has 0 fully saturated rings. The Morgan fingerprint density at radius 2 is 1.89 bits per heavy atom. The van der Waals surface area contributed by atoms with Crippen LogP contribution in [0.4, 0.5) is 0 Å². The van der Waals surface area contributed by atoms with Gasteiger partial charge in [-0.3, -0.25) is 4.79 Å². The molecular weight excluding hydrogens is 436 g/mol. The Balaban J connectivity index is 0.00000364. The van der Waals surface area contributed by atoms with Gasteiger partial charge in [-0.25, -0.2) is 9.59 Å². The lowest BCUT2D eigenvalue weighted by molar-refractivity contribution is -0.152. The number of hydrogen-bond acceptors (Lipinski definition) is 6. The Hall–Kier alpha value is -2.23. The quantitative estimate of drug-likeness (QED) is 0.588. The van der Waals surface area contributed by atoms with E-state index in [1.807, 2.05) is 17.5 Å². The molecule has 27 heavy (non-hydrogen) atoms. The number of hydrogen-bond donors (Lipinski definition) is 2. The first kappa shape index (κ1) is 22.8. The first-order chi connectivity index (χ1) is 12.5. The number of aromatic carboxylic acids is 1. The predicted molar refractivity (Wildman–Crippen MR) is 107 cm³/mol. The van der Waals surface area contributed by atoms with Gasteiger partial charge in [-0.2, -0.15) is 0 Å². The van der Waals surface area contributed by atoms with Crippen molar-refractivity contribution in [1.29, 1.82) is 0 Å². The van der Waals surface area contributed by atoms with Gasteiger partial charge in [0.25, 0.3) is 0 Å². The van der Waals surface area contributed by atoms with Crippen LogP contribution in [-0.2, 0) is 27.3 Å². The molecule has 0 aliphatic rings. The van der Waals surface area contributed by atoms with Gasteiger partial charge in [0.1, 0.15) is 6.04 Å². The van der Waals surface area contributed by atoms with Gasteiger partial charge in [-0.15, -0.1) is 28.3 Å². The first-order valence-electron chi connectivity index (χ1n) is 7.88. The second-order valence-electron chi connectivity index (χ2n) is 5.55. The number of methoxy groups -OCH3 is 1. The van der Waals surface area contributed by atoms with Crippen molar-refractivity contribution in [3.63, 3.8) is 0 Å². The Bertz CT molecular complexity index is 765. The van der Waals surface area contributed by atoms with Gasteiger partial charge in [0.2, 0.25) is 5.91 Å². The number of amides is 1. The number of carbonyl (C=O) groups is 3. The maximum absolute atomic E-state index is 12.4. The van der Waals surface area contributed by atoms with Crippen molar-refractivity contribution in [2.45, 2.75) is 19.0 Å². The van der Waals surface area contributed by atoms with Crippen LogP contribution in [0.2, 0.25) is 0 Å². The third-order valence-electron chi connectivity index (χ3n) is 3.87. The van der Waals surface area contributed by atoms with E-state index in [2.05, 4.69) is 0 Å². The molecule has 7 nitrogen and oxygen atoms in total. The summed E-state index contributed by atoms with van der Waals surface area (Å²) in [5, 5.41) is 10.9. The van der Waals surface area contributed by atoms with Crippen molar-refractivity contribution in [2.75, 3.05) is 13.7 Å². The molecule has 146 valence electrons. The zero-order valence-corrected chi connectivity index (χ0v) is 17.2. The number of halogens is 1. The average molecular weight is 457 g/mol. The van der Waals surface area contributed by atoms with E-state index in [9.17, 15) is 14.4 Å². The smallest absolute Gasteiger partial charge is 0.335 e. The largest absolute Gasteiger partial charge is 0.478 e. The van der Waals surface area contributed by atoms with Gasteiger partial charge in [-0.1, -0.05) is 18.2 Å². The summed E-state index contributed by atoms with van der Waals surface area (Å²) in [6, 6.07) is 9.07. The van der Waals surface area contributed by atoms with E-state index >= 15 is 0 Å². The summed E-state index contributed by atoms with van der Waals surface area (Å²) in [6.07, 6.45) is 0.323. The van der Waals surface area contributed by atoms with Gasteiger partial charge < -0.3 is 20.5 Å². The van der Waals surface area contributed by atoms with Gasteiger partial charge in [0.15, 0.2) is 0 Å². The molecule has 9 heteroatoms. The Morgan fingerprint density at radius 1 is 1.22 bits per heavy atom. The molecule has 1 heterocycles. The van der Waals surface area contributed by atoms with E-state index in [4.69, 9.17) is 15.6 Å². The van der Waals surface area contributed by atoms with E-state index in [1.54, 1.807) is 12.1 Å². The van der Waals surface area contributed by atoms with Crippen molar-refractivity contribution in [1.82, 2.24) is 4.90 Å². The fraction of sp³-hybridized carbons (Fsp3) is 0.278. The van der Waals surface area contributed by atoms with Gasteiger partial charge in [0.05, 0.1) is 19.2 Å². The summed E-state index contributed by atoms with van der Waals surface area (Å²) in [5.74, 6) is -1.95. The highest BCUT2D eigenvalue weighted by molar-refractivity contribution is 8.93. The molecule has 3 N–H and O–H groups in total. The molecule has 2 aromatic rings. The third kappa shape index (κ3) is 6.16. The number of thiophene rings is 1. The molecule has 0 aliphatic heterocycles. The minimum atomic E-state index is -1.03. The summed E-state index contributed by atoms with van der Waals surface area (Å²) in [6.45, 7) is -0.119. The third-order valence-corrected chi connectivity index (χ3v) is 4.77. The van der Waals surface area contributed by atoms with Crippen LogP contribution in [-0.4, -0.2) is 47.5 Å². The Labute approximate surface area is 171 Å². The number of rotatable bonds is 8. The Kier molecular flexibility index (Phi) is 9.13. The monoisotopic (exact) mass is 456 g/mol. The van der Waals surface area contributed by atoms with Crippen LogP contribution in [0, 0.1) is 0 Å². The predicted octanol–water partition coefficient (Wildman–Crippen LogP) is 2.10. The van der Waals surface area contributed by atoms with Gasteiger partial charge in [-0.05, 0) is 29.1 Å². The molecule has 2 rings (SSSR count). The maximum Gasteiger partial charge on any atom is 0.335 e. The maximum atomic E-state index is 12.4. The molecule has 1 aromatic carbocycles. The normalized spacial score (nSPS) is 11.2. The lowest BCUT2D eigenvalue weighted by atomic mass is 10.1. The molecule has 1 amide bonds. The number of esters is 1. The molecule has 0 radical (unpaired) electrons. The summed E-state index contributed by atoms with van der Waals surface area (Å²) >= 11 is 1.49. The zero-order valence-electron chi connectivity index (χ0n) is 14.7. The highest BCUT2D eigenvalue weighted by Gasteiger charge is 2.30. The van der Waals surface area contributed by atoms with Crippen LogP contribution in [0.15, 0.2) is 41.8 Å². The summed E-state index contributed by atoms with van der Waals surface area (Å²) in [5.41, 5.74) is 6.36. The number of ether oxygens (including phenoxy) is 1. The van der Waals surface area contributed by atoms with Crippen molar-refractivity contribution >= 4 is 46.2 Å². The van der Waals surface area contributed by atoms with E-state index in [0.717, 1.165) is 4.88 Å². The fourth-order valence-corrected chi connectivity index (χ4v) is 3.26. The van der Waals surface area contributed by atoms with E-state index in [-0.39, 0.29) is 41.5 Å². The van der Waals surface area contributed by atoms with Crippen LogP contribution >= 0.6 is 28.3 Å². The minimum absolute atomic E-state index is 0. The number of carboxylic acids is 1. The summed E-state index contributed by atoms with van der Waals surface area (Å²) in [7, 11) is 1.27. The van der Waals surface area contributed by atoms with Crippen molar-refractivity contribution in [3.05, 3.63) is 57.8 Å². The highest BCUT2D eigenvalue weighted by Crippen LogP contribution is 2.18. The van der Waals surface area contributed by atoms with E-state index in [1.165, 1.54) is 35.5 Å². The minimum Gasteiger partial charge on any atom is -0.478 e. The number of nitrogens with two attached hydrogens (primary N) is 1. The fourth-order valence-electron chi connectivity index (χ4n) is 2.51. The summed E-state index contributed by atoms with van der Waals surface area (Å²) < 4.78 is 4.88. The number of carboxylic acid groups (broad SMARTS) is 1. The molecule has 0 saturated carbocycles. The second-order valence-corrected chi connectivity index (χ2v) is 6.58. The molecule has 0 saturated heterocycles. The molecule has 1 unspecified atom stereocenters. The van der Waals surface area contributed by atoms with Crippen LogP contribution in [0.25, 0.3) is 0 Å². The lowest BCUT2D eigenvalue weighted by Gasteiger charge is -2.29. The topological polar surface area (TPSA) is 110 Å². The SMILES string of the molecule is Br.COC(=O)C(Cc1cccs1)N(Cc1ccc(C(=O)O)cc1)C(=O)CN. The molecule has 0 bridgehead atoms. The molecule has 1 aromatic heterocycles. The number of nitrogens with zero attached hydrogens (tertiary/aromatic N) is 1. The van der Waals surface area contributed by atoms with Crippen molar-refractivity contribution in [3.8, 4) is 0 Å². The van der Waals surface area contributed by atoms with Crippen molar-refractivity contribution in [2.24, 2.45) is 5.73 Å². The van der Waals surface area contributed by atoms with Crippen LogP contribution in [0.3, 0.4) is 0 Å². The molecular formula is C18H21BrN2O5S. The van der Waals surface area contributed by atoms with Crippen LogP contribution < -0.4 is 5.73 Å². The number of benzene rings is 1. The standard InChI is InChI=1S/C18H20N2O5S.BrH/c1-25-18(24)15(9-14-3-2-8-26-14)20(16(21)10-19)11-12-4-6-13(7-5-12)17(22)23;/h2-8,15H,9-11,19H2,1H3,(H,22,23);1H. The molecule has 0 aliphatic carbocycles. The van der Waals surface area contributed by atoms with Gasteiger partial charge in [0, 0.05) is 17.8 Å². The first-order valence-corrected chi connectivity index (χ1v) is 8.76. The van der Waals surface area contributed by atoms with Crippen LogP contribution in [0.5, 0.6) is 0 Å². The number of carbonyl (C=O) groups excluding carboxylic acids is 2. The van der Waals surface area contributed by atoms with Gasteiger partial charge >= 0.3 is 11.9 Å².